The zero-order valence-corrected chi connectivity index (χ0v) is 14.6. The Hall–Kier alpha value is -2.68. The van der Waals surface area contributed by atoms with Crippen LogP contribution >= 0.6 is 15.9 Å². The first kappa shape index (κ1) is 18.1. The van der Waals surface area contributed by atoms with E-state index in [9.17, 15) is 17.6 Å². The van der Waals surface area contributed by atoms with Crippen molar-refractivity contribution in [2.24, 2.45) is 0 Å². The third-order valence-electron chi connectivity index (χ3n) is 3.28. The molecule has 134 valence electrons. The van der Waals surface area contributed by atoms with E-state index in [1.165, 1.54) is 24.3 Å². The average molecular weight is 427 g/mol. The SMILES string of the molecule is Fc1ccc(Nc2ncc(C(F)(F)F)c(Nc3cccc(Br)c3)n2)cc1. The molecule has 0 aliphatic rings. The van der Waals surface area contributed by atoms with Crippen LogP contribution in [0.25, 0.3) is 0 Å². The Morgan fingerprint density at radius 3 is 2.31 bits per heavy atom. The fourth-order valence-electron chi connectivity index (χ4n) is 2.11. The number of alkyl halides is 3. The summed E-state index contributed by atoms with van der Waals surface area (Å²) in [6.45, 7) is 0. The summed E-state index contributed by atoms with van der Waals surface area (Å²) in [5.41, 5.74) is -0.127. The molecule has 0 atom stereocenters. The minimum atomic E-state index is -4.62. The second kappa shape index (κ2) is 7.28. The van der Waals surface area contributed by atoms with E-state index >= 15 is 0 Å². The maximum Gasteiger partial charge on any atom is 0.421 e. The fraction of sp³-hybridized carbons (Fsp3) is 0.0588. The lowest BCUT2D eigenvalue weighted by atomic mass is 10.2. The molecule has 4 nitrogen and oxygen atoms in total. The molecule has 0 bridgehead atoms. The summed E-state index contributed by atoms with van der Waals surface area (Å²) in [6, 6.07) is 11.9. The molecule has 2 N–H and O–H groups in total. The van der Waals surface area contributed by atoms with E-state index in [0.717, 1.165) is 0 Å². The molecule has 0 unspecified atom stereocenters. The van der Waals surface area contributed by atoms with Gasteiger partial charge in [-0.15, -0.1) is 0 Å². The predicted molar refractivity (Wildman–Crippen MR) is 94.1 cm³/mol. The Morgan fingerprint density at radius 1 is 0.923 bits per heavy atom. The average Bonchev–Trinajstić information content (AvgIpc) is 2.56. The molecule has 0 aliphatic heterocycles. The van der Waals surface area contributed by atoms with Gasteiger partial charge < -0.3 is 10.6 Å². The number of nitrogens with one attached hydrogen (secondary N) is 2. The Labute approximate surface area is 154 Å². The van der Waals surface area contributed by atoms with Gasteiger partial charge in [0.2, 0.25) is 5.95 Å². The molecule has 0 amide bonds. The third-order valence-corrected chi connectivity index (χ3v) is 3.78. The van der Waals surface area contributed by atoms with Gasteiger partial charge in [-0.3, -0.25) is 0 Å². The van der Waals surface area contributed by atoms with Gasteiger partial charge in [0.25, 0.3) is 0 Å². The van der Waals surface area contributed by atoms with Crippen molar-refractivity contribution in [2.45, 2.75) is 6.18 Å². The standard InChI is InChI=1S/C17H11BrF4N4/c18-10-2-1-3-13(8-10)24-15-14(17(20,21)22)9-23-16(26-15)25-12-6-4-11(19)5-7-12/h1-9H,(H2,23,24,25,26). The monoisotopic (exact) mass is 426 g/mol. The molecular weight excluding hydrogens is 416 g/mol. The Balaban J connectivity index is 1.94. The maximum atomic E-state index is 13.2. The van der Waals surface area contributed by atoms with Gasteiger partial charge in [-0.2, -0.15) is 18.2 Å². The van der Waals surface area contributed by atoms with Crippen LogP contribution < -0.4 is 10.6 Å². The van der Waals surface area contributed by atoms with E-state index in [-0.39, 0.29) is 5.95 Å². The highest BCUT2D eigenvalue weighted by Gasteiger charge is 2.35. The molecule has 0 fully saturated rings. The molecule has 0 saturated heterocycles. The highest BCUT2D eigenvalue weighted by atomic mass is 79.9. The number of hydrogen-bond acceptors (Lipinski definition) is 4. The first-order chi connectivity index (χ1) is 12.3. The number of halogens is 5. The van der Waals surface area contributed by atoms with Gasteiger partial charge >= 0.3 is 6.18 Å². The summed E-state index contributed by atoms with van der Waals surface area (Å²) in [5.74, 6) is -0.877. The van der Waals surface area contributed by atoms with E-state index in [2.05, 4.69) is 36.5 Å². The van der Waals surface area contributed by atoms with Crippen LogP contribution in [-0.2, 0) is 6.18 Å². The molecule has 0 aliphatic carbocycles. The van der Waals surface area contributed by atoms with Crippen LogP contribution in [0, 0.1) is 5.82 Å². The highest BCUT2D eigenvalue weighted by Crippen LogP contribution is 2.35. The van der Waals surface area contributed by atoms with Gasteiger partial charge in [0.1, 0.15) is 17.2 Å². The van der Waals surface area contributed by atoms with E-state index in [1.54, 1.807) is 24.3 Å². The predicted octanol–water partition coefficient (Wildman–Crippen LogP) is 5.88. The second-order valence-corrected chi connectivity index (χ2v) is 6.14. The Bertz CT molecular complexity index is 913. The van der Waals surface area contributed by atoms with Crippen LogP contribution in [0.5, 0.6) is 0 Å². The van der Waals surface area contributed by atoms with Crippen molar-refractivity contribution in [1.29, 1.82) is 0 Å². The summed E-state index contributed by atoms with van der Waals surface area (Å²) in [6.07, 6.45) is -3.93. The van der Waals surface area contributed by atoms with Gasteiger partial charge in [0.15, 0.2) is 0 Å². The maximum absolute atomic E-state index is 13.2. The number of anilines is 4. The Kier molecular flexibility index (Phi) is 5.08. The topological polar surface area (TPSA) is 49.8 Å². The molecule has 9 heteroatoms. The van der Waals surface area contributed by atoms with Crippen LogP contribution in [0.1, 0.15) is 5.56 Å². The van der Waals surface area contributed by atoms with Gasteiger partial charge in [-0.25, -0.2) is 9.37 Å². The molecule has 1 heterocycles. The lowest BCUT2D eigenvalue weighted by Crippen LogP contribution is -2.12. The van der Waals surface area contributed by atoms with Crippen molar-refractivity contribution >= 4 is 39.1 Å². The highest BCUT2D eigenvalue weighted by molar-refractivity contribution is 9.10. The van der Waals surface area contributed by atoms with E-state index < -0.39 is 23.4 Å². The van der Waals surface area contributed by atoms with Gasteiger partial charge in [-0.1, -0.05) is 22.0 Å². The molecule has 3 aromatic rings. The zero-order valence-electron chi connectivity index (χ0n) is 13.0. The Morgan fingerprint density at radius 2 is 1.65 bits per heavy atom. The van der Waals surface area contributed by atoms with Crippen LogP contribution in [0.15, 0.2) is 59.2 Å². The summed E-state index contributed by atoms with van der Waals surface area (Å²) in [5, 5.41) is 5.40. The molecule has 1 aromatic heterocycles. The smallest absolute Gasteiger partial charge is 0.340 e. The van der Waals surface area contributed by atoms with Crippen LogP contribution in [0.3, 0.4) is 0 Å². The molecule has 0 radical (unpaired) electrons. The molecule has 0 spiro atoms. The minimum Gasteiger partial charge on any atom is -0.340 e. The second-order valence-electron chi connectivity index (χ2n) is 5.22. The number of hydrogen-bond donors (Lipinski definition) is 2. The number of nitrogens with zero attached hydrogens (tertiary/aromatic N) is 2. The van der Waals surface area contributed by atoms with E-state index in [1.807, 2.05) is 0 Å². The van der Waals surface area contributed by atoms with Crippen LogP contribution in [0.4, 0.5) is 40.7 Å². The van der Waals surface area contributed by atoms with Crippen LogP contribution in [-0.4, -0.2) is 9.97 Å². The molecular formula is C17H11BrF4N4. The molecule has 0 saturated carbocycles. The number of rotatable bonds is 4. The van der Waals surface area contributed by atoms with Crippen molar-refractivity contribution in [3.8, 4) is 0 Å². The van der Waals surface area contributed by atoms with Crippen molar-refractivity contribution in [3.63, 3.8) is 0 Å². The molecule has 26 heavy (non-hydrogen) atoms. The zero-order chi connectivity index (χ0) is 18.7. The summed E-state index contributed by atoms with van der Waals surface area (Å²) in [7, 11) is 0. The largest absolute Gasteiger partial charge is 0.421 e. The minimum absolute atomic E-state index is 0.0536. The molecule has 2 aromatic carbocycles. The van der Waals surface area contributed by atoms with Gasteiger partial charge in [-0.05, 0) is 42.5 Å². The van der Waals surface area contributed by atoms with Gasteiger partial charge in [0.05, 0.1) is 0 Å². The van der Waals surface area contributed by atoms with Crippen molar-refractivity contribution in [1.82, 2.24) is 9.97 Å². The lowest BCUT2D eigenvalue weighted by molar-refractivity contribution is -0.137. The summed E-state index contributed by atoms with van der Waals surface area (Å²) < 4.78 is 53.4. The van der Waals surface area contributed by atoms with Crippen molar-refractivity contribution in [2.75, 3.05) is 10.6 Å². The first-order valence-corrected chi connectivity index (χ1v) is 8.10. The molecule has 3 rings (SSSR count). The van der Waals surface area contributed by atoms with Gasteiger partial charge in [0, 0.05) is 22.0 Å². The van der Waals surface area contributed by atoms with Crippen molar-refractivity contribution in [3.05, 3.63) is 70.6 Å². The van der Waals surface area contributed by atoms with E-state index in [0.29, 0.717) is 22.0 Å². The third kappa shape index (κ3) is 4.48. The first-order valence-electron chi connectivity index (χ1n) is 7.31. The van der Waals surface area contributed by atoms with Crippen LogP contribution in [0.2, 0.25) is 0 Å². The lowest BCUT2D eigenvalue weighted by Gasteiger charge is -2.15. The number of aromatic nitrogens is 2. The normalized spacial score (nSPS) is 11.3. The summed E-state index contributed by atoms with van der Waals surface area (Å²) in [4.78, 5) is 7.62. The van der Waals surface area contributed by atoms with Crippen molar-refractivity contribution < 1.29 is 17.6 Å². The quantitative estimate of drug-likeness (QED) is 0.511. The van der Waals surface area contributed by atoms with E-state index in [4.69, 9.17) is 0 Å². The summed E-state index contributed by atoms with van der Waals surface area (Å²) >= 11 is 3.26. The number of benzene rings is 2. The fourth-order valence-corrected chi connectivity index (χ4v) is 2.51.